The standard InChI is InChI=1S/C15H22N2O/c1-15(2,3)10-17(4)14(18)13-9-11-7-5-6-8-12(11)16-13/h5-8,13,16H,9-10H2,1-4H3/t13-/m0/s1. The smallest absolute Gasteiger partial charge is 0.245 e. The van der Waals surface area contributed by atoms with Crippen molar-refractivity contribution in [3.63, 3.8) is 0 Å². The second-order valence-electron chi connectivity index (χ2n) is 6.31. The molecule has 0 spiro atoms. The number of hydrogen-bond acceptors (Lipinski definition) is 2. The Morgan fingerprint density at radius 1 is 1.39 bits per heavy atom. The second-order valence-corrected chi connectivity index (χ2v) is 6.31. The maximum atomic E-state index is 12.4. The van der Waals surface area contributed by atoms with Crippen molar-refractivity contribution in [2.45, 2.75) is 33.2 Å². The van der Waals surface area contributed by atoms with E-state index < -0.39 is 0 Å². The molecule has 1 amide bonds. The number of hydrogen-bond donors (Lipinski definition) is 1. The molecule has 0 saturated heterocycles. The zero-order valence-electron chi connectivity index (χ0n) is 11.7. The van der Waals surface area contributed by atoms with Gasteiger partial charge in [0, 0.05) is 25.7 Å². The van der Waals surface area contributed by atoms with Gasteiger partial charge in [0.1, 0.15) is 6.04 Å². The van der Waals surface area contributed by atoms with Gasteiger partial charge in [0.15, 0.2) is 0 Å². The number of nitrogens with one attached hydrogen (secondary N) is 1. The molecule has 1 aliphatic rings. The maximum absolute atomic E-state index is 12.4. The predicted molar refractivity (Wildman–Crippen MR) is 74.6 cm³/mol. The molecule has 3 nitrogen and oxygen atoms in total. The van der Waals surface area contributed by atoms with E-state index >= 15 is 0 Å². The molecule has 1 N–H and O–H groups in total. The third-order valence-electron chi connectivity index (χ3n) is 3.16. The molecule has 1 aromatic carbocycles. The lowest BCUT2D eigenvalue weighted by Crippen LogP contribution is -2.43. The van der Waals surface area contributed by atoms with Gasteiger partial charge in [-0.2, -0.15) is 0 Å². The van der Waals surface area contributed by atoms with E-state index in [1.807, 2.05) is 30.1 Å². The van der Waals surface area contributed by atoms with Crippen molar-refractivity contribution < 1.29 is 4.79 Å². The molecule has 0 radical (unpaired) electrons. The van der Waals surface area contributed by atoms with Crippen LogP contribution < -0.4 is 5.32 Å². The average Bonchev–Trinajstić information content (AvgIpc) is 2.68. The lowest BCUT2D eigenvalue weighted by atomic mass is 9.96. The van der Waals surface area contributed by atoms with E-state index in [0.29, 0.717) is 0 Å². The third kappa shape index (κ3) is 2.84. The number of amides is 1. The topological polar surface area (TPSA) is 32.3 Å². The lowest BCUT2D eigenvalue weighted by Gasteiger charge is -2.28. The quantitative estimate of drug-likeness (QED) is 0.869. The third-order valence-corrected chi connectivity index (χ3v) is 3.16. The molecule has 0 aliphatic carbocycles. The van der Waals surface area contributed by atoms with Gasteiger partial charge in [-0.05, 0) is 17.0 Å². The van der Waals surface area contributed by atoms with Crippen LogP contribution in [0.5, 0.6) is 0 Å². The van der Waals surface area contributed by atoms with Crippen LogP contribution >= 0.6 is 0 Å². The van der Waals surface area contributed by atoms with Crippen LogP contribution in [0.25, 0.3) is 0 Å². The molecule has 0 unspecified atom stereocenters. The summed E-state index contributed by atoms with van der Waals surface area (Å²) in [6, 6.07) is 8.03. The highest BCUT2D eigenvalue weighted by Crippen LogP contribution is 2.26. The summed E-state index contributed by atoms with van der Waals surface area (Å²) in [5, 5.41) is 3.31. The molecule has 0 saturated carbocycles. The first-order valence-corrected chi connectivity index (χ1v) is 6.46. The number of carbonyl (C=O) groups excluding carboxylic acids is 1. The Labute approximate surface area is 109 Å². The number of nitrogens with zero attached hydrogens (tertiary/aromatic N) is 1. The number of anilines is 1. The number of likely N-dealkylation sites (N-methyl/N-ethyl adjacent to an activating group) is 1. The highest BCUT2D eigenvalue weighted by atomic mass is 16.2. The van der Waals surface area contributed by atoms with E-state index in [0.717, 1.165) is 18.7 Å². The number of rotatable bonds is 2. The molecular weight excluding hydrogens is 224 g/mol. The zero-order valence-corrected chi connectivity index (χ0v) is 11.7. The van der Waals surface area contributed by atoms with Gasteiger partial charge in [0.2, 0.25) is 5.91 Å². The Morgan fingerprint density at radius 3 is 2.67 bits per heavy atom. The van der Waals surface area contributed by atoms with E-state index in [2.05, 4.69) is 32.2 Å². The summed E-state index contributed by atoms with van der Waals surface area (Å²) >= 11 is 0. The minimum absolute atomic E-state index is 0.102. The van der Waals surface area contributed by atoms with E-state index in [-0.39, 0.29) is 17.4 Å². The average molecular weight is 246 g/mol. The van der Waals surface area contributed by atoms with Gasteiger partial charge in [0.25, 0.3) is 0 Å². The van der Waals surface area contributed by atoms with Crippen molar-refractivity contribution in [1.82, 2.24) is 4.90 Å². The fourth-order valence-electron chi connectivity index (χ4n) is 2.50. The first kappa shape index (κ1) is 12.9. The van der Waals surface area contributed by atoms with Gasteiger partial charge in [-0.15, -0.1) is 0 Å². The fraction of sp³-hybridized carbons (Fsp3) is 0.533. The van der Waals surface area contributed by atoms with Crippen LogP contribution in [-0.2, 0) is 11.2 Å². The lowest BCUT2D eigenvalue weighted by molar-refractivity contribution is -0.131. The highest BCUT2D eigenvalue weighted by Gasteiger charge is 2.29. The number of carbonyl (C=O) groups is 1. The van der Waals surface area contributed by atoms with Crippen molar-refractivity contribution >= 4 is 11.6 Å². The Balaban J connectivity index is 2.01. The van der Waals surface area contributed by atoms with Gasteiger partial charge in [-0.1, -0.05) is 39.0 Å². The Bertz CT molecular complexity index is 423. The molecule has 0 bridgehead atoms. The molecule has 1 atom stereocenters. The molecule has 2 rings (SSSR count). The number of fused-ring (bicyclic) bond motifs is 1. The van der Waals surface area contributed by atoms with Gasteiger partial charge in [-0.25, -0.2) is 0 Å². The highest BCUT2D eigenvalue weighted by molar-refractivity contribution is 5.87. The van der Waals surface area contributed by atoms with Crippen LogP contribution in [0.2, 0.25) is 0 Å². The minimum Gasteiger partial charge on any atom is -0.373 e. The number of benzene rings is 1. The molecule has 1 aromatic rings. The molecule has 1 heterocycles. The van der Waals surface area contributed by atoms with Crippen molar-refractivity contribution in [2.75, 3.05) is 18.9 Å². The Kier molecular flexibility index (Phi) is 3.33. The van der Waals surface area contributed by atoms with Crippen LogP contribution in [0, 0.1) is 5.41 Å². The molecule has 3 heteroatoms. The summed E-state index contributed by atoms with van der Waals surface area (Å²) in [7, 11) is 1.89. The van der Waals surface area contributed by atoms with Gasteiger partial charge in [0.05, 0.1) is 0 Å². The van der Waals surface area contributed by atoms with E-state index in [1.165, 1.54) is 5.56 Å². The van der Waals surface area contributed by atoms with Crippen molar-refractivity contribution in [1.29, 1.82) is 0 Å². The predicted octanol–water partition coefficient (Wildman–Crippen LogP) is 2.53. The fourth-order valence-corrected chi connectivity index (χ4v) is 2.50. The molecule has 0 fully saturated rings. The summed E-state index contributed by atoms with van der Waals surface area (Å²) in [5.41, 5.74) is 2.47. The Hall–Kier alpha value is -1.51. The Morgan fingerprint density at radius 2 is 2.06 bits per heavy atom. The van der Waals surface area contributed by atoms with E-state index in [9.17, 15) is 4.79 Å². The summed E-state index contributed by atoms with van der Waals surface area (Å²) in [6.45, 7) is 7.22. The molecule has 18 heavy (non-hydrogen) atoms. The molecule has 0 aromatic heterocycles. The molecule has 1 aliphatic heterocycles. The summed E-state index contributed by atoms with van der Waals surface area (Å²) < 4.78 is 0. The zero-order chi connectivity index (χ0) is 13.3. The van der Waals surface area contributed by atoms with Gasteiger partial charge in [-0.3, -0.25) is 4.79 Å². The van der Waals surface area contributed by atoms with Crippen molar-refractivity contribution in [3.8, 4) is 0 Å². The summed E-state index contributed by atoms with van der Waals surface area (Å²) in [5.74, 6) is 0.182. The molecule has 98 valence electrons. The van der Waals surface area contributed by atoms with Gasteiger partial charge < -0.3 is 10.2 Å². The SMILES string of the molecule is CN(CC(C)(C)C)C(=O)[C@@H]1Cc2ccccc2N1. The van der Waals surface area contributed by atoms with Crippen LogP contribution in [0.3, 0.4) is 0 Å². The van der Waals surface area contributed by atoms with Crippen molar-refractivity contribution in [3.05, 3.63) is 29.8 Å². The first-order chi connectivity index (χ1) is 8.37. The van der Waals surface area contributed by atoms with E-state index in [1.54, 1.807) is 0 Å². The minimum atomic E-state index is -0.102. The normalized spacial score (nSPS) is 18.1. The van der Waals surface area contributed by atoms with Crippen LogP contribution in [0.1, 0.15) is 26.3 Å². The van der Waals surface area contributed by atoms with E-state index in [4.69, 9.17) is 0 Å². The maximum Gasteiger partial charge on any atom is 0.245 e. The summed E-state index contributed by atoms with van der Waals surface area (Å²) in [4.78, 5) is 14.2. The van der Waals surface area contributed by atoms with Crippen LogP contribution in [0.15, 0.2) is 24.3 Å². The van der Waals surface area contributed by atoms with Gasteiger partial charge >= 0.3 is 0 Å². The monoisotopic (exact) mass is 246 g/mol. The van der Waals surface area contributed by atoms with Crippen LogP contribution in [0.4, 0.5) is 5.69 Å². The number of para-hydroxylation sites is 1. The first-order valence-electron chi connectivity index (χ1n) is 6.46. The van der Waals surface area contributed by atoms with Crippen LogP contribution in [-0.4, -0.2) is 30.4 Å². The second kappa shape index (κ2) is 4.63. The van der Waals surface area contributed by atoms with Crippen molar-refractivity contribution in [2.24, 2.45) is 5.41 Å². The largest absolute Gasteiger partial charge is 0.373 e. The summed E-state index contributed by atoms with van der Waals surface area (Å²) in [6.07, 6.45) is 0.795. The molecular formula is C15H22N2O.